The van der Waals surface area contributed by atoms with Gasteiger partial charge >= 0.3 is 0 Å². The number of benzene rings is 3. The lowest BCUT2D eigenvalue weighted by Gasteiger charge is -2.15. The van der Waals surface area contributed by atoms with Crippen molar-refractivity contribution in [2.24, 2.45) is 11.0 Å². The molecule has 0 radical (unpaired) electrons. The molecule has 1 fully saturated rings. The second-order valence-corrected chi connectivity index (χ2v) is 7.66. The lowest BCUT2D eigenvalue weighted by molar-refractivity contribution is -0.133. The summed E-state index contributed by atoms with van der Waals surface area (Å²) in [6.07, 6.45) is 1.51. The van der Waals surface area contributed by atoms with Gasteiger partial charge in [-0.2, -0.15) is 5.10 Å². The van der Waals surface area contributed by atoms with Crippen LogP contribution in [0.4, 0.5) is 0 Å². The molecule has 4 rings (SSSR count). The predicted molar refractivity (Wildman–Crippen MR) is 125 cm³/mol. The summed E-state index contributed by atoms with van der Waals surface area (Å²) in [5.41, 5.74) is 5.21. The van der Waals surface area contributed by atoms with Crippen LogP contribution in [0.2, 0.25) is 0 Å². The van der Waals surface area contributed by atoms with Crippen LogP contribution in [0.15, 0.2) is 84.0 Å². The predicted octanol–water partition coefficient (Wildman–Crippen LogP) is 3.25. The van der Waals surface area contributed by atoms with Crippen molar-refractivity contribution in [3.05, 3.63) is 95.6 Å². The number of hydrogen-bond donors (Lipinski definition) is 2. The van der Waals surface area contributed by atoms with E-state index in [4.69, 9.17) is 9.47 Å². The third-order valence-corrected chi connectivity index (χ3v) is 5.50. The molecule has 0 aromatic heterocycles. The van der Waals surface area contributed by atoms with Crippen molar-refractivity contribution in [3.63, 3.8) is 0 Å². The third kappa shape index (κ3) is 5.38. The number of amides is 2. The minimum Gasteiger partial charge on any atom is -0.493 e. The number of nitrogens with zero attached hydrogens (tertiary/aromatic N) is 1. The summed E-state index contributed by atoms with van der Waals surface area (Å²) in [6.45, 7) is 0.846. The van der Waals surface area contributed by atoms with Crippen molar-refractivity contribution < 1.29 is 19.1 Å². The molecule has 0 unspecified atom stereocenters. The van der Waals surface area contributed by atoms with Gasteiger partial charge in [0.15, 0.2) is 11.5 Å². The molecule has 168 valence electrons. The monoisotopic (exact) mass is 443 g/mol. The van der Waals surface area contributed by atoms with Gasteiger partial charge < -0.3 is 14.8 Å². The summed E-state index contributed by atoms with van der Waals surface area (Å²) in [5, 5.41) is 6.82. The van der Waals surface area contributed by atoms with Gasteiger partial charge in [-0.05, 0) is 34.9 Å². The maximum absolute atomic E-state index is 12.7. The molecule has 1 aliphatic rings. The van der Waals surface area contributed by atoms with Gasteiger partial charge in [-0.1, -0.05) is 60.7 Å². The minimum absolute atomic E-state index is 0.227. The molecule has 0 spiro atoms. The average molecular weight is 444 g/mol. The number of rotatable bonds is 8. The Balaban J connectivity index is 1.39. The maximum atomic E-state index is 12.7. The van der Waals surface area contributed by atoms with Gasteiger partial charge in [0, 0.05) is 12.5 Å². The first-order valence-electron chi connectivity index (χ1n) is 10.7. The summed E-state index contributed by atoms with van der Waals surface area (Å²) in [7, 11) is 1.57. The molecule has 2 N–H and O–H groups in total. The number of carbonyl (C=O) groups excluding carboxylic acids is 2. The van der Waals surface area contributed by atoms with Crippen LogP contribution >= 0.6 is 0 Å². The molecule has 7 heteroatoms. The molecule has 2 amide bonds. The zero-order valence-corrected chi connectivity index (χ0v) is 18.2. The van der Waals surface area contributed by atoms with Crippen molar-refractivity contribution in [3.8, 4) is 11.5 Å². The van der Waals surface area contributed by atoms with E-state index in [-0.39, 0.29) is 11.8 Å². The summed E-state index contributed by atoms with van der Waals surface area (Å²) in [4.78, 5) is 25.0. The van der Waals surface area contributed by atoms with E-state index >= 15 is 0 Å². The third-order valence-electron chi connectivity index (χ3n) is 5.50. The number of ether oxygens (including phenoxy) is 2. The second-order valence-electron chi connectivity index (χ2n) is 7.66. The van der Waals surface area contributed by atoms with E-state index in [9.17, 15) is 9.59 Å². The van der Waals surface area contributed by atoms with E-state index in [1.807, 2.05) is 66.7 Å². The van der Waals surface area contributed by atoms with Gasteiger partial charge in [0.1, 0.15) is 12.5 Å². The van der Waals surface area contributed by atoms with E-state index in [0.29, 0.717) is 24.7 Å². The van der Waals surface area contributed by atoms with Crippen molar-refractivity contribution in [1.82, 2.24) is 10.7 Å². The molecule has 3 aromatic carbocycles. The number of hydrogen-bond acceptors (Lipinski definition) is 5. The number of methoxy groups -OCH3 is 1. The van der Waals surface area contributed by atoms with E-state index in [1.165, 1.54) is 6.21 Å². The van der Waals surface area contributed by atoms with Crippen LogP contribution in [0.1, 0.15) is 22.6 Å². The Morgan fingerprint density at radius 1 is 1.06 bits per heavy atom. The molecular weight excluding hydrogens is 418 g/mol. The van der Waals surface area contributed by atoms with Crippen LogP contribution < -0.4 is 20.2 Å². The van der Waals surface area contributed by atoms with Crippen LogP contribution in [0.5, 0.6) is 11.5 Å². The minimum atomic E-state index is -0.826. The fourth-order valence-electron chi connectivity index (χ4n) is 3.79. The summed E-state index contributed by atoms with van der Waals surface area (Å²) >= 11 is 0. The molecule has 1 heterocycles. The van der Waals surface area contributed by atoms with Gasteiger partial charge in [0.05, 0.1) is 13.3 Å². The first-order valence-corrected chi connectivity index (χ1v) is 10.7. The molecule has 1 saturated heterocycles. The molecule has 1 aliphatic heterocycles. The topological polar surface area (TPSA) is 89.0 Å². The molecule has 0 saturated carbocycles. The Labute approximate surface area is 192 Å². The average Bonchev–Trinajstić information content (AvgIpc) is 3.25. The number of hydrazone groups is 1. The zero-order chi connectivity index (χ0) is 23.0. The first-order chi connectivity index (χ1) is 16.2. The zero-order valence-electron chi connectivity index (χ0n) is 18.2. The highest BCUT2D eigenvalue weighted by molar-refractivity contribution is 6.03. The van der Waals surface area contributed by atoms with Gasteiger partial charge in [0.25, 0.3) is 5.91 Å². The van der Waals surface area contributed by atoms with Gasteiger partial charge in [-0.25, -0.2) is 5.43 Å². The van der Waals surface area contributed by atoms with Crippen LogP contribution in [-0.2, 0) is 16.2 Å². The molecule has 3 aromatic rings. The molecule has 2 atom stereocenters. The van der Waals surface area contributed by atoms with Crippen LogP contribution in [0.25, 0.3) is 0 Å². The first kappa shape index (κ1) is 22.1. The van der Waals surface area contributed by atoms with Crippen molar-refractivity contribution in [2.75, 3.05) is 13.7 Å². The Hall–Kier alpha value is -4.13. The van der Waals surface area contributed by atoms with E-state index in [0.717, 1.165) is 16.7 Å². The van der Waals surface area contributed by atoms with Gasteiger partial charge in [-0.3, -0.25) is 9.59 Å². The Kier molecular flexibility index (Phi) is 6.99. The SMILES string of the molecule is COc1cc(C=NNC(=O)[C@@H]2C(=O)NC[C@H]2c2ccccc2)ccc1OCc1ccccc1. The van der Waals surface area contributed by atoms with Crippen molar-refractivity contribution in [2.45, 2.75) is 12.5 Å². The number of nitrogens with one attached hydrogen (secondary N) is 2. The molecular formula is C26H25N3O4. The Morgan fingerprint density at radius 3 is 2.52 bits per heavy atom. The highest BCUT2D eigenvalue weighted by atomic mass is 16.5. The van der Waals surface area contributed by atoms with E-state index in [2.05, 4.69) is 15.8 Å². The van der Waals surface area contributed by atoms with Crippen LogP contribution in [0, 0.1) is 5.92 Å². The quantitative estimate of drug-likeness (QED) is 0.318. The fraction of sp³-hybridized carbons (Fsp3) is 0.192. The highest BCUT2D eigenvalue weighted by Gasteiger charge is 2.40. The van der Waals surface area contributed by atoms with Gasteiger partial charge in [0.2, 0.25) is 5.91 Å². The van der Waals surface area contributed by atoms with Gasteiger partial charge in [-0.15, -0.1) is 0 Å². The second kappa shape index (κ2) is 10.5. The summed E-state index contributed by atoms with van der Waals surface area (Å²) in [5.74, 6) is -0.623. The smallest absolute Gasteiger partial charge is 0.253 e. The Bertz CT molecular complexity index is 1130. The summed E-state index contributed by atoms with van der Waals surface area (Å²) in [6, 6.07) is 24.8. The molecule has 0 bridgehead atoms. The standard InChI is InChI=1S/C26H25N3O4/c1-32-23-14-19(12-13-22(23)33-17-18-8-4-2-5-9-18)15-28-29-26(31)24-21(16-27-25(24)30)20-10-6-3-7-11-20/h2-15,21,24H,16-17H2,1H3,(H,27,30)(H,29,31)/t21-,24-/m0/s1. The Morgan fingerprint density at radius 2 is 1.79 bits per heavy atom. The maximum Gasteiger partial charge on any atom is 0.253 e. The fourth-order valence-corrected chi connectivity index (χ4v) is 3.79. The van der Waals surface area contributed by atoms with E-state index in [1.54, 1.807) is 19.2 Å². The molecule has 0 aliphatic carbocycles. The lowest BCUT2D eigenvalue weighted by Crippen LogP contribution is -2.34. The van der Waals surface area contributed by atoms with Crippen molar-refractivity contribution in [1.29, 1.82) is 0 Å². The van der Waals surface area contributed by atoms with Crippen LogP contribution in [0.3, 0.4) is 0 Å². The summed E-state index contributed by atoms with van der Waals surface area (Å²) < 4.78 is 11.3. The number of carbonyl (C=O) groups is 2. The van der Waals surface area contributed by atoms with E-state index < -0.39 is 11.8 Å². The highest BCUT2D eigenvalue weighted by Crippen LogP contribution is 2.30. The van der Waals surface area contributed by atoms with Crippen molar-refractivity contribution >= 4 is 18.0 Å². The normalized spacial score (nSPS) is 17.5. The molecule has 33 heavy (non-hydrogen) atoms. The van der Waals surface area contributed by atoms with Crippen LogP contribution in [-0.4, -0.2) is 31.7 Å². The lowest BCUT2D eigenvalue weighted by atomic mass is 9.88. The largest absolute Gasteiger partial charge is 0.493 e. The molecule has 7 nitrogen and oxygen atoms in total.